The monoisotopic (exact) mass is 448 g/mol. The number of aromatic nitrogens is 6. The number of ether oxygens (including phenoxy) is 1. The number of rotatable bonds is 7. The highest BCUT2D eigenvalue weighted by Gasteiger charge is 2.17. The van der Waals surface area contributed by atoms with E-state index < -0.39 is 0 Å². The smallest absolute Gasteiger partial charge is 0.228 e. The van der Waals surface area contributed by atoms with E-state index >= 15 is 0 Å². The van der Waals surface area contributed by atoms with Gasteiger partial charge in [0.1, 0.15) is 12.1 Å². The average molecular weight is 448 g/mol. The minimum atomic E-state index is -0.128. The first-order chi connectivity index (χ1) is 15.4. The molecule has 0 aliphatic heterocycles. The maximum absolute atomic E-state index is 12.2. The number of carbonyl (C=O) groups excluding carboxylic acids is 1. The van der Waals surface area contributed by atoms with Gasteiger partial charge < -0.3 is 15.4 Å². The van der Waals surface area contributed by atoms with Gasteiger partial charge in [0.15, 0.2) is 17.4 Å². The summed E-state index contributed by atoms with van der Waals surface area (Å²) in [5.41, 5.74) is 2.36. The summed E-state index contributed by atoms with van der Waals surface area (Å²) < 4.78 is 7.28. The molecule has 0 bridgehead atoms. The second kappa shape index (κ2) is 9.07. The Morgan fingerprint density at radius 3 is 2.50 bits per heavy atom. The molecule has 4 rings (SSSR count). The van der Waals surface area contributed by atoms with Gasteiger partial charge in [-0.15, -0.1) is 9.24 Å². The van der Waals surface area contributed by atoms with Crippen molar-refractivity contribution in [3.63, 3.8) is 0 Å². The average Bonchev–Trinajstić information content (AvgIpc) is 3.21. The lowest BCUT2D eigenvalue weighted by molar-refractivity contribution is 0.101. The number of aryl methyl sites for hydroxylation is 1. The molecule has 11 heteroatoms. The van der Waals surface area contributed by atoms with Gasteiger partial charge in [-0.25, -0.2) is 19.9 Å². The third-order valence-electron chi connectivity index (χ3n) is 4.52. The molecule has 32 heavy (non-hydrogen) atoms. The highest BCUT2D eigenvalue weighted by molar-refractivity contribution is 7.27. The summed E-state index contributed by atoms with van der Waals surface area (Å²) in [5.74, 6) is 1.84. The van der Waals surface area contributed by atoms with Crippen LogP contribution in [-0.4, -0.2) is 42.6 Å². The molecule has 0 radical (unpaired) electrons. The van der Waals surface area contributed by atoms with E-state index in [4.69, 9.17) is 4.74 Å². The van der Waals surface area contributed by atoms with Crippen molar-refractivity contribution >= 4 is 43.5 Å². The Morgan fingerprint density at radius 1 is 1.06 bits per heavy atom. The number of anilines is 4. The van der Waals surface area contributed by atoms with Crippen LogP contribution in [0.4, 0.5) is 23.1 Å². The van der Waals surface area contributed by atoms with Crippen LogP contribution >= 0.6 is 9.24 Å². The van der Waals surface area contributed by atoms with Gasteiger partial charge >= 0.3 is 0 Å². The predicted molar refractivity (Wildman–Crippen MR) is 125 cm³/mol. The molecule has 1 atom stereocenters. The maximum atomic E-state index is 12.2. The molecule has 162 valence electrons. The third-order valence-corrected chi connectivity index (χ3v) is 4.82. The van der Waals surface area contributed by atoms with E-state index in [0.29, 0.717) is 40.3 Å². The number of hydrogen-bond acceptors (Lipinski definition) is 9. The molecule has 2 N–H and O–H groups in total. The Balaban J connectivity index is 1.71. The molecule has 0 saturated heterocycles. The number of Topliss-reactive ketones (excluding diaryl/α,β-unsaturated/α-hetero) is 1. The number of benzene rings is 1. The van der Waals surface area contributed by atoms with E-state index in [2.05, 4.69) is 44.9 Å². The number of carbonyl (C=O) groups is 1. The fourth-order valence-electron chi connectivity index (χ4n) is 3.06. The second-order valence-electron chi connectivity index (χ2n) is 6.89. The Hall–Kier alpha value is -3.91. The van der Waals surface area contributed by atoms with Crippen LogP contribution in [-0.2, 0) is 7.05 Å². The lowest BCUT2D eigenvalue weighted by atomic mass is 10.1. The molecule has 0 fully saturated rings. The zero-order chi connectivity index (χ0) is 22.7. The minimum Gasteiger partial charge on any atom is -0.494 e. The van der Waals surface area contributed by atoms with Crippen LogP contribution in [0.5, 0.6) is 5.75 Å². The van der Waals surface area contributed by atoms with Crippen molar-refractivity contribution < 1.29 is 9.53 Å². The molecule has 0 saturated carbocycles. The third kappa shape index (κ3) is 4.55. The fourth-order valence-corrected chi connectivity index (χ4v) is 3.21. The summed E-state index contributed by atoms with van der Waals surface area (Å²) in [5, 5.41) is 11.6. The summed E-state index contributed by atoms with van der Waals surface area (Å²) in [4.78, 5) is 29.3. The Morgan fingerprint density at radius 2 is 1.84 bits per heavy atom. The molecule has 10 nitrogen and oxygen atoms in total. The standard InChI is InChI=1S/C21H21N8O2P/c1-12(30)15-10-22-18(27-21-23-8-13(32)9-24-21)7-17(15)26-16-6-4-5-14(19(16)31-3)20-25-11-29(2)28-20/h4-11H,32H2,1-3H3,(H2,22,23,24,26,27). The minimum absolute atomic E-state index is 0.128. The van der Waals surface area contributed by atoms with E-state index in [-0.39, 0.29) is 5.78 Å². The molecular weight excluding hydrogens is 427 g/mol. The quantitative estimate of drug-likeness (QED) is 0.325. The van der Waals surface area contributed by atoms with Crippen molar-refractivity contribution in [1.82, 2.24) is 29.7 Å². The van der Waals surface area contributed by atoms with Gasteiger partial charge in [0.25, 0.3) is 0 Å². The van der Waals surface area contributed by atoms with Crippen molar-refractivity contribution in [2.75, 3.05) is 17.7 Å². The van der Waals surface area contributed by atoms with Gasteiger partial charge in [-0.1, -0.05) is 6.07 Å². The second-order valence-corrected chi connectivity index (χ2v) is 7.56. The molecule has 0 spiro atoms. The van der Waals surface area contributed by atoms with Crippen molar-refractivity contribution in [2.24, 2.45) is 7.05 Å². The van der Waals surface area contributed by atoms with Crippen molar-refractivity contribution in [1.29, 1.82) is 0 Å². The zero-order valence-corrected chi connectivity index (χ0v) is 18.9. The van der Waals surface area contributed by atoms with Gasteiger partial charge in [0, 0.05) is 37.0 Å². The molecule has 3 aromatic heterocycles. The van der Waals surface area contributed by atoms with Crippen LogP contribution in [0.2, 0.25) is 0 Å². The van der Waals surface area contributed by atoms with Gasteiger partial charge in [-0.2, -0.15) is 5.10 Å². The van der Waals surface area contributed by atoms with Crippen molar-refractivity contribution in [2.45, 2.75) is 6.92 Å². The maximum Gasteiger partial charge on any atom is 0.228 e. The van der Waals surface area contributed by atoms with Crippen LogP contribution in [0, 0.1) is 0 Å². The van der Waals surface area contributed by atoms with E-state index in [1.807, 2.05) is 18.2 Å². The molecule has 1 aromatic carbocycles. The van der Waals surface area contributed by atoms with E-state index in [0.717, 1.165) is 10.9 Å². The fraction of sp³-hybridized carbons (Fsp3) is 0.143. The molecule has 1 unspecified atom stereocenters. The van der Waals surface area contributed by atoms with Crippen molar-refractivity contribution in [3.8, 4) is 17.1 Å². The van der Waals surface area contributed by atoms with E-state index in [1.165, 1.54) is 13.1 Å². The van der Waals surface area contributed by atoms with Crippen molar-refractivity contribution in [3.05, 3.63) is 54.7 Å². The predicted octanol–water partition coefficient (Wildman–Crippen LogP) is 2.87. The highest BCUT2D eigenvalue weighted by atomic mass is 31.0. The van der Waals surface area contributed by atoms with Gasteiger partial charge in [0.2, 0.25) is 5.95 Å². The lowest BCUT2D eigenvalue weighted by Crippen LogP contribution is -2.06. The van der Waals surface area contributed by atoms with Crippen LogP contribution < -0.4 is 20.7 Å². The van der Waals surface area contributed by atoms with E-state index in [9.17, 15) is 4.79 Å². The number of pyridine rings is 1. The Bertz CT molecular complexity index is 1270. The van der Waals surface area contributed by atoms with Crippen LogP contribution in [0.25, 0.3) is 11.4 Å². The Labute approximate surface area is 186 Å². The van der Waals surface area contributed by atoms with Crippen LogP contribution in [0.1, 0.15) is 17.3 Å². The first kappa shape index (κ1) is 21.3. The van der Waals surface area contributed by atoms with Gasteiger partial charge in [0.05, 0.1) is 29.6 Å². The van der Waals surface area contributed by atoms with Crippen LogP contribution in [0.3, 0.4) is 0 Å². The highest BCUT2D eigenvalue weighted by Crippen LogP contribution is 2.37. The molecule has 3 heterocycles. The largest absolute Gasteiger partial charge is 0.494 e. The normalized spacial score (nSPS) is 10.6. The number of hydrogen-bond donors (Lipinski definition) is 2. The number of nitrogens with zero attached hydrogens (tertiary/aromatic N) is 6. The number of ketones is 1. The summed E-state index contributed by atoms with van der Waals surface area (Å²) in [7, 11) is 5.90. The Kier molecular flexibility index (Phi) is 6.04. The molecule has 4 aromatic rings. The molecule has 0 aliphatic rings. The molecular formula is C21H21N8O2P. The summed E-state index contributed by atoms with van der Waals surface area (Å²) >= 11 is 0. The SMILES string of the molecule is COc1c(Nc2cc(Nc3ncc(P)cn3)ncc2C(C)=O)cccc1-c1ncn(C)n1. The number of nitrogens with one attached hydrogen (secondary N) is 2. The van der Waals surface area contributed by atoms with E-state index in [1.54, 1.807) is 43.6 Å². The topological polar surface area (TPSA) is 120 Å². The number of methoxy groups -OCH3 is 1. The first-order valence-corrected chi connectivity index (χ1v) is 10.2. The molecule has 0 amide bonds. The number of para-hydroxylation sites is 1. The molecule has 0 aliphatic carbocycles. The van der Waals surface area contributed by atoms with Gasteiger partial charge in [-0.3, -0.25) is 9.48 Å². The summed E-state index contributed by atoms with van der Waals surface area (Å²) in [6, 6.07) is 7.31. The lowest BCUT2D eigenvalue weighted by Gasteiger charge is -2.16. The van der Waals surface area contributed by atoms with Crippen LogP contribution in [0.15, 0.2) is 49.2 Å². The van der Waals surface area contributed by atoms with Gasteiger partial charge in [-0.05, 0) is 19.1 Å². The summed E-state index contributed by atoms with van der Waals surface area (Å²) in [6.07, 6.45) is 6.47. The zero-order valence-electron chi connectivity index (χ0n) is 17.7. The first-order valence-electron chi connectivity index (χ1n) is 9.60. The summed E-state index contributed by atoms with van der Waals surface area (Å²) in [6.45, 7) is 1.49.